The number of nitro groups is 2. The summed E-state index contributed by atoms with van der Waals surface area (Å²) in [6.45, 7) is 0.360. The molecule has 156 valence electrons. The maximum absolute atomic E-state index is 12.8. The van der Waals surface area contributed by atoms with Gasteiger partial charge in [-0.1, -0.05) is 0 Å². The summed E-state index contributed by atoms with van der Waals surface area (Å²) in [5.74, 6) is 0. The SMILES string of the molecule is O=[N+]([O-])c1cc(C(F)(F)F)ccc1NCCNc1ccc([N+](=O)[O-])c2cccnc12. The maximum Gasteiger partial charge on any atom is 0.416 e. The summed E-state index contributed by atoms with van der Waals surface area (Å²) < 4.78 is 38.3. The van der Waals surface area contributed by atoms with Gasteiger partial charge in [-0.2, -0.15) is 13.2 Å². The average Bonchev–Trinajstić information content (AvgIpc) is 2.70. The number of anilines is 2. The minimum atomic E-state index is -4.69. The molecule has 3 rings (SSSR count). The van der Waals surface area contributed by atoms with Gasteiger partial charge in [0.05, 0.1) is 26.5 Å². The molecule has 0 unspecified atom stereocenters. The Labute approximate surface area is 166 Å². The molecule has 0 aliphatic carbocycles. The first kappa shape index (κ1) is 20.8. The van der Waals surface area contributed by atoms with Crippen LogP contribution < -0.4 is 10.6 Å². The van der Waals surface area contributed by atoms with Crippen molar-refractivity contribution in [2.75, 3.05) is 23.7 Å². The van der Waals surface area contributed by atoms with E-state index in [1.165, 1.54) is 18.3 Å². The van der Waals surface area contributed by atoms with Crippen molar-refractivity contribution in [1.29, 1.82) is 0 Å². The molecule has 0 spiro atoms. The minimum Gasteiger partial charge on any atom is -0.382 e. The van der Waals surface area contributed by atoms with Gasteiger partial charge in [0.2, 0.25) is 0 Å². The van der Waals surface area contributed by atoms with Crippen molar-refractivity contribution in [2.24, 2.45) is 0 Å². The predicted octanol–water partition coefficient (Wildman–Crippen LogP) is 4.59. The molecule has 0 amide bonds. The van der Waals surface area contributed by atoms with Gasteiger partial charge in [-0.25, -0.2) is 0 Å². The zero-order valence-corrected chi connectivity index (χ0v) is 15.1. The molecule has 3 aromatic rings. The van der Waals surface area contributed by atoms with Crippen molar-refractivity contribution in [3.8, 4) is 0 Å². The fourth-order valence-electron chi connectivity index (χ4n) is 2.86. The van der Waals surface area contributed by atoms with Crippen LogP contribution in [0.5, 0.6) is 0 Å². The monoisotopic (exact) mass is 421 g/mol. The van der Waals surface area contributed by atoms with Gasteiger partial charge in [0.25, 0.3) is 11.4 Å². The van der Waals surface area contributed by atoms with Crippen LogP contribution in [0.15, 0.2) is 48.7 Å². The second-order valence-corrected chi connectivity index (χ2v) is 6.13. The zero-order chi connectivity index (χ0) is 21.9. The van der Waals surface area contributed by atoms with Crippen LogP contribution >= 0.6 is 0 Å². The zero-order valence-electron chi connectivity index (χ0n) is 15.1. The van der Waals surface area contributed by atoms with Crippen LogP contribution in [0.4, 0.5) is 35.9 Å². The van der Waals surface area contributed by atoms with Crippen molar-refractivity contribution in [3.63, 3.8) is 0 Å². The lowest BCUT2D eigenvalue weighted by Gasteiger charge is -2.12. The summed E-state index contributed by atoms with van der Waals surface area (Å²) in [4.78, 5) is 25.0. The second-order valence-electron chi connectivity index (χ2n) is 6.13. The van der Waals surface area contributed by atoms with E-state index in [1.807, 2.05) is 0 Å². The molecule has 1 heterocycles. The first-order valence-corrected chi connectivity index (χ1v) is 8.54. The summed E-state index contributed by atoms with van der Waals surface area (Å²) >= 11 is 0. The molecule has 0 aliphatic rings. The largest absolute Gasteiger partial charge is 0.416 e. The number of aromatic nitrogens is 1. The Morgan fingerprint density at radius 3 is 2.17 bits per heavy atom. The van der Waals surface area contributed by atoms with E-state index >= 15 is 0 Å². The quantitative estimate of drug-likeness (QED) is 0.325. The Balaban J connectivity index is 1.72. The number of pyridine rings is 1. The lowest BCUT2D eigenvalue weighted by molar-refractivity contribution is -0.384. The van der Waals surface area contributed by atoms with Crippen molar-refractivity contribution in [1.82, 2.24) is 4.98 Å². The average molecular weight is 421 g/mol. The van der Waals surface area contributed by atoms with E-state index in [1.54, 1.807) is 12.1 Å². The molecule has 1 aromatic heterocycles. The molecule has 0 saturated heterocycles. The standard InChI is InChI=1S/C18H14F3N5O4/c19-18(20,21)11-3-4-13(16(10-11)26(29)30)22-8-9-23-14-5-6-15(25(27)28)12-2-1-7-24-17(12)14/h1-7,10,22-23H,8-9H2. The van der Waals surface area contributed by atoms with E-state index < -0.39 is 27.3 Å². The van der Waals surface area contributed by atoms with E-state index in [4.69, 9.17) is 0 Å². The molecule has 0 radical (unpaired) electrons. The number of alkyl halides is 3. The number of nitro benzene ring substituents is 2. The van der Waals surface area contributed by atoms with Crippen LogP contribution in [0.1, 0.15) is 5.56 Å². The number of halogens is 3. The van der Waals surface area contributed by atoms with Gasteiger partial charge in [-0.15, -0.1) is 0 Å². The molecule has 2 N–H and O–H groups in total. The summed E-state index contributed by atoms with van der Waals surface area (Å²) in [5, 5.41) is 28.3. The van der Waals surface area contributed by atoms with E-state index in [9.17, 15) is 33.4 Å². The smallest absolute Gasteiger partial charge is 0.382 e. The molecular weight excluding hydrogens is 407 g/mol. The van der Waals surface area contributed by atoms with E-state index in [-0.39, 0.29) is 24.5 Å². The molecular formula is C18H14F3N5O4. The first-order chi connectivity index (χ1) is 14.2. The molecule has 0 bridgehead atoms. The van der Waals surface area contributed by atoms with Gasteiger partial charge in [-0.05, 0) is 30.3 Å². The summed E-state index contributed by atoms with van der Waals surface area (Å²) in [7, 11) is 0. The number of benzene rings is 2. The Kier molecular flexibility index (Phi) is 5.67. The summed E-state index contributed by atoms with van der Waals surface area (Å²) in [5.41, 5.74) is -1.05. The highest BCUT2D eigenvalue weighted by atomic mass is 19.4. The Morgan fingerprint density at radius 1 is 0.900 bits per heavy atom. The van der Waals surface area contributed by atoms with Gasteiger partial charge in [0.1, 0.15) is 11.2 Å². The van der Waals surface area contributed by atoms with Crippen LogP contribution in [-0.4, -0.2) is 27.9 Å². The van der Waals surface area contributed by atoms with Gasteiger partial charge in [0.15, 0.2) is 0 Å². The third kappa shape index (κ3) is 4.37. The fraction of sp³-hybridized carbons (Fsp3) is 0.167. The van der Waals surface area contributed by atoms with Gasteiger partial charge < -0.3 is 10.6 Å². The first-order valence-electron chi connectivity index (χ1n) is 8.54. The maximum atomic E-state index is 12.8. The molecule has 2 aromatic carbocycles. The highest BCUT2D eigenvalue weighted by molar-refractivity contribution is 5.96. The highest BCUT2D eigenvalue weighted by Gasteiger charge is 2.33. The Morgan fingerprint density at radius 2 is 1.53 bits per heavy atom. The molecule has 9 nitrogen and oxygen atoms in total. The number of hydrogen-bond acceptors (Lipinski definition) is 7. The normalized spacial score (nSPS) is 11.3. The Bertz CT molecular complexity index is 1120. The van der Waals surface area contributed by atoms with Crippen molar-refractivity contribution in [3.05, 3.63) is 74.5 Å². The third-order valence-corrected chi connectivity index (χ3v) is 4.22. The minimum absolute atomic E-state index is 0.0542. The van der Waals surface area contributed by atoms with Gasteiger partial charge in [-0.3, -0.25) is 25.2 Å². The molecule has 12 heteroatoms. The van der Waals surface area contributed by atoms with Crippen molar-refractivity contribution >= 4 is 33.7 Å². The molecule has 30 heavy (non-hydrogen) atoms. The number of rotatable bonds is 7. The van der Waals surface area contributed by atoms with E-state index in [2.05, 4.69) is 15.6 Å². The molecule has 0 atom stereocenters. The van der Waals surface area contributed by atoms with Crippen LogP contribution in [0.2, 0.25) is 0 Å². The van der Waals surface area contributed by atoms with Crippen LogP contribution in [0.3, 0.4) is 0 Å². The number of fused-ring (bicyclic) bond motifs is 1. The fourth-order valence-corrected chi connectivity index (χ4v) is 2.86. The third-order valence-electron chi connectivity index (χ3n) is 4.22. The second kappa shape index (κ2) is 8.19. The molecule has 0 aliphatic heterocycles. The van der Waals surface area contributed by atoms with Crippen LogP contribution in [-0.2, 0) is 6.18 Å². The number of nitrogens with one attached hydrogen (secondary N) is 2. The van der Waals surface area contributed by atoms with Crippen LogP contribution in [0, 0.1) is 20.2 Å². The molecule has 0 fully saturated rings. The molecule has 0 saturated carbocycles. The lowest BCUT2D eigenvalue weighted by Crippen LogP contribution is -2.15. The van der Waals surface area contributed by atoms with E-state index in [0.717, 1.165) is 12.1 Å². The summed E-state index contributed by atoms with van der Waals surface area (Å²) in [6, 6.07) is 8.21. The summed E-state index contributed by atoms with van der Waals surface area (Å²) in [6.07, 6.45) is -3.20. The highest BCUT2D eigenvalue weighted by Crippen LogP contribution is 2.35. The predicted molar refractivity (Wildman–Crippen MR) is 103 cm³/mol. The number of hydrogen-bond donors (Lipinski definition) is 2. The van der Waals surface area contributed by atoms with E-state index in [0.29, 0.717) is 22.7 Å². The van der Waals surface area contributed by atoms with Gasteiger partial charge in [0, 0.05) is 31.4 Å². The van der Waals surface area contributed by atoms with Gasteiger partial charge >= 0.3 is 6.18 Å². The van der Waals surface area contributed by atoms with Crippen molar-refractivity contribution < 1.29 is 23.0 Å². The topological polar surface area (TPSA) is 123 Å². The number of non-ortho nitro benzene ring substituents is 1. The Hall–Kier alpha value is -3.96. The lowest BCUT2D eigenvalue weighted by atomic mass is 10.1. The van der Waals surface area contributed by atoms with Crippen molar-refractivity contribution in [2.45, 2.75) is 6.18 Å². The van der Waals surface area contributed by atoms with Crippen LogP contribution in [0.25, 0.3) is 10.9 Å². The number of nitrogens with zero attached hydrogens (tertiary/aromatic N) is 3.